The first-order valence-corrected chi connectivity index (χ1v) is 10.8. The molecule has 0 spiro atoms. The zero-order valence-electron chi connectivity index (χ0n) is 18.9. The van der Waals surface area contributed by atoms with Gasteiger partial charge in [0.25, 0.3) is 5.89 Å². The van der Waals surface area contributed by atoms with E-state index in [0.29, 0.717) is 24.5 Å². The van der Waals surface area contributed by atoms with Crippen LogP contribution in [0.3, 0.4) is 0 Å². The lowest BCUT2D eigenvalue weighted by Gasteiger charge is -2.13. The molecule has 10 heteroatoms. The van der Waals surface area contributed by atoms with E-state index >= 15 is 0 Å². The van der Waals surface area contributed by atoms with Gasteiger partial charge in [0.1, 0.15) is 24.8 Å². The molecule has 0 amide bonds. The zero-order chi connectivity index (χ0) is 24.3. The third-order valence-corrected chi connectivity index (χ3v) is 4.57. The van der Waals surface area contributed by atoms with Crippen molar-refractivity contribution < 1.29 is 33.0 Å². The van der Waals surface area contributed by atoms with E-state index in [1.807, 2.05) is 6.92 Å². The number of benzene rings is 2. The number of nitrogens with zero attached hydrogens (tertiary/aromatic N) is 3. The number of halogens is 1. The monoisotopic (exact) mass is 471 g/mol. The molecule has 0 aliphatic carbocycles. The van der Waals surface area contributed by atoms with Gasteiger partial charge in [0.15, 0.2) is 11.8 Å². The summed E-state index contributed by atoms with van der Waals surface area (Å²) in [5, 5.41) is 21.4. The molecule has 0 radical (unpaired) electrons. The minimum Gasteiger partial charge on any atom is -0.487 e. The van der Waals surface area contributed by atoms with Crippen LogP contribution in [0.5, 0.6) is 5.75 Å². The topological polar surface area (TPSA) is 116 Å². The van der Waals surface area contributed by atoms with Crippen LogP contribution in [-0.2, 0) is 20.8 Å². The lowest BCUT2D eigenvalue weighted by molar-refractivity contribution is -0.149. The van der Waals surface area contributed by atoms with E-state index in [2.05, 4.69) is 15.4 Å². The first-order valence-electron chi connectivity index (χ1n) is 10.8. The molecule has 0 saturated heterocycles. The second kappa shape index (κ2) is 12.4. The SMILES string of the molecule is CCCO/N=C(\COc1cccc(CC(OCC)C(=O)O)c1)c1nnc(-c2ccc(F)cc2)o1. The van der Waals surface area contributed by atoms with Gasteiger partial charge in [0.2, 0.25) is 5.89 Å². The van der Waals surface area contributed by atoms with Gasteiger partial charge in [-0.2, -0.15) is 0 Å². The fraction of sp³-hybridized carbons (Fsp3) is 0.333. The molecule has 1 atom stereocenters. The first-order chi connectivity index (χ1) is 16.5. The second-order valence-electron chi connectivity index (χ2n) is 7.21. The van der Waals surface area contributed by atoms with Crippen LogP contribution in [0, 0.1) is 5.82 Å². The van der Waals surface area contributed by atoms with E-state index in [1.165, 1.54) is 24.3 Å². The maximum absolute atomic E-state index is 13.2. The van der Waals surface area contributed by atoms with Gasteiger partial charge in [-0.1, -0.05) is 24.2 Å². The van der Waals surface area contributed by atoms with Crippen molar-refractivity contribution in [2.75, 3.05) is 19.8 Å². The van der Waals surface area contributed by atoms with Crippen LogP contribution in [0.1, 0.15) is 31.7 Å². The molecule has 0 bridgehead atoms. The van der Waals surface area contributed by atoms with Crippen molar-refractivity contribution in [3.63, 3.8) is 0 Å². The minimum atomic E-state index is -1.02. The summed E-state index contributed by atoms with van der Waals surface area (Å²) in [6.07, 6.45) is 0.0173. The summed E-state index contributed by atoms with van der Waals surface area (Å²) >= 11 is 0. The highest BCUT2D eigenvalue weighted by Gasteiger charge is 2.19. The highest BCUT2D eigenvalue weighted by atomic mass is 19.1. The van der Waals surface area contributed by atoms with E-state index in [-0.39, 0.29) is 36.3 Å². The van der Waals surface area contributed by atoms with Gasteiger partial charge in [-0.3, -0.25) is 0 Å². The Morgan fingerprint density at radius 2 is 1.97 bits per heavy atom. The molecule has 1 heterocycles. The molecule has 2 aromatic carbocycles. The smallest absolute Gasteiger partial charge is 0.333 e. The van der Waals surface area contributed by atoms with Crippen molar-refractivity contribution in [3.8, 4) is 17.2 Å². The highest BCUT2D eigenvalue weighted by molar-refractivity contribution is 5.97. The summed E-state index contributed by atoms with van der Waals surface area (Å²) in [7, 11) is 0. The molecule has 3 rings (SSSR count). The predicted octanol–water partition coefficient (Wildman–Crippen LogP) is 4.12. The van der Waals surface area contributed by atoms with Crippen molar-refractivity contribution >= 4 is 11.7 Å². The molecule has 1 aromatic heterocycles. The van der Waals surface area contributed by atoms with Crippen molar-refractivity contribution in [1.82, 2.24) is 10.2 Å². The van der Waals surface area contributed by atoms with Crippen LogP contribution < -0.4 is 4.74 Å². The summed E-state index contributed by atoms with van der Waals surface area (Å²) in [6, 6.07) is 12.7. The fourth-order valence-electron chi connectivity index (χ4n) is 2.94. The van der Waals surface area contributed by atoms with Gasteiger partial charge in [-0.25, -0.2) is 9.18 Å². The number of carboxylic acid groups (broad SMARTS) is 1. The average molecular weight is 471 g/mol. The summed E-state index contributed by atoms with van der Waals surface area (Å²) in [5.41, 5.74) is 1.58. The third kappa shape index (κ3) is 7.11. The number of carbonyl (C=O) groups is 1. The van der Waals surface area contributed by atoms with Crippen LogP contribution in [0.25, 0.3) is 11.5 Å². The van der Waals surface area contributed by atoms with Crippen LogP contribution in [0.2, 0.25) is 0 Å². The van der Waals surface area contributed by atoms with Crippen LogP contribution in [-0.4, -0.2) is 52.9 Å². The van der Waals surface area contributed by atoms with Crippen molar-refractivity contribution in [2.45, 2.75) is 32.8 Å². The molecule has 9 nitrogen and oxygen atoms in total. The summed E-state index contributed by atoms with van der Waals surface area (Å²) in [6.45, 7) is 4.35. The molecule has 1 unspecified atom stereocenters. The Morgan fingerprint density at radius 1 is 1.18 bits per heavy atom. The van der Waals surface area contributed by atoms with E-state index in [4.69, 9.17) is 18.7 Å². The van der Waals surface area contributed by atoms with Crippen LogP contribution in [0.15, 0.2) is 58.1 Å². The number of rotatable bonds is 13. The number of aromatic nitrogens is 2. The van der Waals surface area contributed by atoms with Gasteiger partial charge < -0.3 is 23.8 Å². The Labute approximate surface area is 196 Å². The Morgan fingerprint density at radius 3 is 2.68 bits per heavy atom. The molecule has 180 valence electrons. The van der Waals surface area contributed by atoms with Crippen molar-refractivity contribution in [2.24, 2.45) is 5.16 Å². The van der Waals surface area contributed by atoms with E-state index in [9.17, 15) is 14.3 Å². The summed E-state index contributed by atoms with van der Waals surface area (Å²) in [5.74, 6) is -0.585. The number of aliphatic carboxylic acids is 1. The van der Waals surface area contributed by atoms with E-state index in [0.717, 1.165) is 12.0 Å². The van der Waals surface area contributed by atoms with Crippen molar-refractivity contribution in [1.29, 1.82) is 0 Å². The third-order valence-electron chi connectivity index (χ3n) is 4.57. The molecule has 0 fully saturated rings. The molecular weight excluding hydrogens is 445 g/mol. The number of hydrogen-bond acceptors (Lipinski definition) is 8. The van der Waals surface area contributed by atoms with E-state index in [1.54, 1.807) is 31.2 Å². The largest absolute Gasteiger partial charge is 0.487 e. The Balaban J connectivity index is 1.73. The van der Waals surface area contributed by atoms with Gasteiger partial charge in [0.05, 0.1) is 0 Å². The lowest BCUT2D eigenvalue weighted by atomic mass is 10.1. The van der Waals surface area contributed by atoms with Crippen molar-refractivity contribution in [3.05, 3.63) is 65.8 Å². The molecule has 1 N–H and O–H groups in total. The van der Waals surface area contributed by atoms with E-state index < -0.39 is 12.1 Å². The summed E-state index contributed by atoms with van der Waals surface area (Å²) < 4.78 is 30.0. The van der Waals surface area contributed by atoms with Gasteiger partial charge in [-0.15, -0.1) is 10.2 Å². The Hall–Kier alpha value is -3.79. The Kier molecular flexibility index (Phi) is 9.10. The normalized spacial score (nSPS) is 12.4. The molecule has 0 saturated carbocycles. The Bertz CT molecular complexity index is 1100. The molecule has 0 aliphatic rings. The standard InChI is InChI=1S/C24H26FN3O6/c1-3-12-33-28-20(23-27-26-22(34-23)17-8-10-18(25)11-9-17)15-32-19-7-5-6-16(13-19)14-21(24(29)30)31-4-2/h5-11,13,21H,3-4,12,14-15H2,1-2H3,(H,29,30)/b28-20+. The minimum absolute atomic E-state index is 0.0357. The fourth-order valence-corrected chi connectivity index (χ4v) is 2.94. The highest BCUT2D eigenvalue weighted by Crippen LogP contribution is 2.20. The number of oxime groups is 1. The second-order valence-corrected chi connectivity index (χ2v) is 7.21. The lowest BCUT2D eigenvalue weighted by Crippen LogP contribution is -2.26. The number of carboxylic acids is 1. The maximum atomic E-state index is 13.2. The number of hydrogen-bond donors (Lipinski definition) is 1. The number of ether oxygens (including phenoxy) is 2. The van der Waals surface area contributed by atoms with Crippen LogP contribution in [0.4, 0.5) is 4.39 Å². The van der Waals surface area contributed by atoms with Gasteiger partial charge >= 0.3 is 5.97 Å². The van der Waals surface area contributed by atoms with Gasteiger partial charge in [-0.05, 0) is 55.3 Å². The quantitative estimate of drug-likeness (QED) is 0.225. The predicted molar refractivity (Wildman–Crippen MR) is 121 cm³/mol. The first kappa shape index (κ1) is 24.8. The molecule has 0 aliphatic heterocycles. The molecular formula is C24H26FN3O6. The zero-order valence-corrected chi connectivity index (χ0v) is 18.9. The van der Waals surface area contributed by atoms with Gasteiger partial charge in [0, 0.05) is 18.6 Å². The molecule has 3 aromatic rings. The maximum Gasteiger partial charge on any atom is 0.333 e. The average Bonchev–Trinajstić information content (AvgIpc) is 3.32. The molecule has 34 heavy (non-hydrogen) atoms. The summed E-state index contributed by atoms with van der Waals surface area (Å²) in [4.78, 5) is 16.7. The van der Waals surface area contributed by atoms with Crippen LogP contribution >= 0.6 is 0 Å².